The van der Waals surface area contributed by atoms with Gasteiger partial charge in [0.2, 0.25) is 5.91 Å². The molecule has 1 unspecified atom stereocenters. The Balaban J connectivity index is 2.05. The summed E-state index contributed by atoms with van der Waals surface area (Å²) in [5.74, 6) is -1.39. The van der Waals surface area contributed by atoms with E-state index in [9.17, 15) is 9.59 Å². The molecule has 0 aliphatic heterocycles. The number of benzene rings is 1. The van der Waals surface area contributed by atoms with Gasteiger partial charge in [-0.2, -0.15) is 0 Å². The molecule has 0 bridgehead atoms. The van der Waals surface area contributed by atoms with Gasteiger partial charge < -0.3 is 10.4 Å². The van der Waals surface area contributed by atoms with Crippen LogP contribution in [0, 0.1) is 0 Å². The van der Waals surface area contributed by atoms with Crippen LogP contribution in [0.5, 0.6) is 0 Å². The van der Waals surface area contributed by atoms with Crippen LogP contribution in [0.15, 0.2) is 29.6 Å². The highest BCUT2D eigenvalue weighted by Crippen LogP contribution is 2.30. The van der Waals surface area contributed by atoms with Crippen LogP contribution in [0.4, 0.5) is 0 Å². The Bertz CT molecular complexity index is 687. The van der Waals surface area contributed by atoms with Crippen molar-refractivity contribution in [3.63, 3.8) is 0 Å². The Labute approximate surface area is 137 Å². The van der Waals surface area contributed by atoms with Gasteiger partial charge in [0, 0.05) is 10.9 Å². The zero-order chi connectivity index (χ0) is 16.1. The second kappa shape index (κ2) is 7.38. The predicted molar refractivity (Wildman–Crippen MR) is 86.1 cm³/mol. The van der Waals surface area contributed by atoms with Crippen LogP contribution in [0.2, 0.25) is 5.02 Å². The lowest BCUT2D eigenvalue weighted by atomic mass is 10.2. The number of aliphatic carboxylic acids is 1. The molecule has 1 atom stereocenters. The molecule has 0 saturated carbocycles. The molecular formula is C15H15ClN2O3S. The fourth-order valence-electron chi connectivity index (χ4n) is 1.89. The summed E-state index contributed by atoms with van der Waals surface area (Å²) in [6.07, 6.45) is 0.383. The van der Waals surface area contributed by atoms with E-state index in [-0.39, 0.29) is 12.3 Å². The van der Waals surface area contributed by atoms with Crippen molar-refractivity contribution >= 4 is 34.8 Å². The largest absolute Gasteiger partial charge is 0.480 e. The van der Waals surface area contributed by atoms with E-state index in [1.807, 2.05) is 18.2 Å². The molecule has 22 heavy (non-hydrogen) atoms. The van der Waals surface area contributed by atoms with Gasteiger partial charge in [0.05, 0.1) is 17.1 Å². The standard InChI is InChI=1S/C15H15ClN2O3S/c1-2-12(15(20)21)18-13(19)7-9-8-22-14(17-9)10-5-3-4-6-11(10)16/h3-6,8,12H,2,7H2,1H3,(H,18,19)(H,20,21). The summed E-state index contributed by atoms with van der Waals surface area (Å²) >= 11 is 7.52. The van der Waals surface area contributed by atoms with Gasteiger partial charge >= 0.3 is 5.97 Å². The summed E-state index contributed by atoms with van der Waals surface area (Å²) in [6.45, 7) is 1.71. The second-order valence-corrected chi connectivity index (χ2v) is 5.93. The van der Waals surface area contributed by atoms with Gasteiger partial charge in [-0.15, -0.1) is 11.3 Å². The van der Waals surface area contributed by atoms with Gasteiger partial charge in [-0.25, -0.2) is 9.78 Å². The third-order valence-corrected chi connectivity index (χ3v) is 4.29. The number of hydrogen-bond acceptors (Lipinski definition) is 4. The zero-order valence-electron chi connectivity index (χ0n) is 11.9. The normalized spacial score (nSPS) is 11.9. The molecule has 116 valence electrons. The van der Waals surface area contributed by atoms with Crippen molar-refractivity contribution in [2.24, 2.45) is 0 Å². The number of carbonyl (C=O) groups is 2. The van der Waals surface area contributed by atoms with Crippen molar-refractivity contribution in [3.8, 4) is 10.6 Å². The first-order valence-electron chi connectivity index (χ1n) is 6.72. The molecule has 1 aromatic carbocycles. The highest BCUT2D eigenvalue weighted by molar-refractivity contribution is 7.13. The maximum atomic E-state index is 11.9. The number of nitrogens with one attached hydrogen (secondary N) is 1. The van der Waals surface area contributed by atoms with E-state index in [0.29, 0.717) is 17.1 Å². The zero-order valence-corrected chi connectivity index (χ0v) is 13.4. The number of nitrogens with zero attached hydrogens (tertiary/aromatic N) is 1. The summed E-state index contributed by atoms with van der Waals surface area (Å²) in [5.41, 5.74) is 1.41. The molecule has 0 radical (unpaired) electrons. The number of hydrogen-bond donors (Lipinski definition) is 2. The Hall–Kier alpha value is -1.92. The number of carboxylic acids is 1. The molecule has 2 N–H and O–H groups in total. The van der Waals surface area contributed by atoms with Crippen molar-refractivity contribution < 1.29 is 14.7 Å². The highest BCUT2D eigenvalue weighted by Gasteiger charge is 2.18. The predicted octanol–water partition coefficient (Wildman–Crippen LogP) is 2.99. The van der Waals surface area contributed by atoms with Crippen LogP contribution in [0.25, 0.3) is 10.6 Å². The average molecular weight is 339 g/mol. The van der Waals surface area contributed by atoms with Crippen molar-refractivity contribution in [3.05, 3.63) is 40.4 Å². The Morgan fingerprint density at radius 3 is 2.77 bits per heavy atom. The van der Waals surface area contributed by atoms with Gasteiger partial charge in [-0.05, 0) is 12.5 Å². The first-order valence-corrected chi connectivity index (χ1v) is 7.98. The second-order valence-electron chi connectivity index (χ2n) is 4.67. The van der Waals surface area contributed by atoms with Crippen LogP contribution in [-0.2, 0) is 16.0 Å². The van der Waals surface area contributed by atoms with Gasteiger partial charge in [-0.1, -0.05) is 36.7 Å². The Kier molecular flexibility index (Phi) is 5.51. The molecule has 7 heteroatoms. The average Bonchev–Trinajstić information content (AvgIpc) is 2.93. The van der Waals surface area contributed by atoms with E-state index in [2.05, 4.69) is 10.3 Å². The quantitative estimate of drug-likeness (QED) is 0.848. The summed E-state index contributed by atoms with van der Waals surface area (Å²) in [6, 6.07) is 6.48. The summed E-state index contributed by atoms with van der Waals surface area (Å²) in [5, 5.41) is 14.5. The van der Waals surface area contributed by atoms with E-state index >= 15 is 0 Å². The first-order chi connectivity index (χ1) is 10.5. The summed E-state index contributed by atoms with van der Waals surface area (Å²) < 4.78 is 0. The Morgan fingerprint density at radius 1 is 1.41 bits per heavy atom. The van der Waals surface area contributed by atoms with Crippen molar-refractivity contribution in [1.82, 2.24) is 10.3 Å². The molecule has 5 nitrogen and oxygen atoms in total. The van der Waals surface area contributed by atoms with Crippen LogP contribution >= 0.6 is 22.9 Å². The number of aromatic nitrogens is 1. The van der Waals surface area contributed by atoms with E-state index < -0.39 is 12.0 Å². The third kappa shape index (κ3) is 4.05. The van der Waals surface area contributed by atoms with E-state index in [1.165, 1.54) is 11.3 Å². The number of halogens is 1. The van der Waals surface area contributed by atoms with E-state index in [0.717, 1.165) is 10.6 Å². The minimum Gasteiger partial charge on any atom is -0.480 e. The number of amides is 1. The van der Waals surface area contributed by atoms with E-state index in [1.54, 1.807) is 18.4 Å². The van der Waals surface area contributed by atoms with Crippen LogP contribution < -0.4 is 5.32 Å². The topological polar surface area (TPSA) is 79.3 Å². The lowest BCUT2D eigenvalue weighted by Gasteiger charge is -2.11. The molecule has 0 spiro atoms. The van der Waals surface area contributed by atoms with Gasteiger partial charge in [-0.3, -0.25) is 4.79 Å². The lowest BCUT2D eigenvalue weighted by Crippen LogP contribution is -2.41. The maximum Gasteiger partial charge on any atom is 0.326 e. The molecule has 1 aromatic heterocycles. The van der Waals surface area contributed by atoms with Gasteiger partial charge in [0.25, 0.3) is 0 Å². The fraction of sp³-hybridized carbons (Fsp3) is 0.267. The molecular weight excluding hydrogens is 324 g/mol. The number of carboxylic acid groups (broad SMARTS) is 1. The van der Waals surface area contributed by atoms with Crippen molar-refractivity contribution in [2.75, 3.05) is 0 Å². The van der Waals surface area contributed by atoms with Crippen molar-refractivity contribution in [1.29, 1.82) is 0 Å². The molecule has 0 aliphatic carbocycles. The first kappa shape index (κ1) is 16.5. The molecule has 0 saturated heterocycles. The smallest absolute Gasteiger partial charge is 0.326 e. The van der Waals surface area contributed by atoms with E-state index in [4.69, 9.17) is 16.7 Å². The molecule has 0 aliphatic rings. The third-order valence-electron chi connectivity index (χ3n) is 3.04. The van der Waals surface area contributed by atoms with Crippen LogP contribution in [0.1, 0.15) is 19.0 Å². The minimum atomic E-state index is -1.04. The molecule has 2 rings (SSSR count). The van der Waals surface area contributed by atoms with Crippen molar-refractivity contribution in [2.45, 2.75) is 25.8 Å². The minimum absolute atomic E-state index is 0.0464. The van der Waals surface area contributed by atoms with Gasteiger partial charge in [0.1, 0.15) is 11.0 Å². The summed E-state index contributed by atoms with van der Waals surface area (Å²) in [7, 11) is 0. The number of thiazole rings is 1. The Morgan fingerprint density at radius 2 is 2.14 bits per heavy atom. The fourth-order valence-corrected chi connectivity index (χ4v) is 3.03. The highest BCUT2D eigenvalue weighted by atomic mass is 35.5. The lowest BCUT2D eigenvalue weighted by molar-refractivity contribution is -0.141. The number of rotatable bonds is 6. The monoisotopic (exact) mass is 338 g/mol. The molecule has 0 fully saturated rings. The maximum absolute atomic E-state index is 11.9. The molecule has 1 heterocycles. The SMILES string of the molecule is CCC(NC(=O)Cc1csc(-c2ccccc2Cl)n1)C(=O)O. The number of carbonyl (C=O) groups excluding carboxylic acids is 1. The summed E-state index contributed by atoms with van der Waals surface area (Å²) in [4.78, 5) is 27.2. The van der Waals surface area contributed by atoms with Gasteiger partial charge in [0.15, 0.2) is 0 Å². The molecule has 2 aromatic rings. The van der Waals surface area contributed by atoms with Crippen LogP contribution in [0.3, 0.4) is 0 Å². The molecule has 1 amide bonds. The van der Waals surface area contributed by atoms with Crippen LogP contribution in [-0.4, -0.2) is 28.0 Å².